The van der Waals surface area contributed by atoms with E-state index < -0.39 is 0 Å². The molecular formula is C17H17FN4O2S. The molecule has 0 radical (unpaired) electrons. The largest absolute Gasteiger partial charge is 0.371 e. The van der Waals surface area contributed by atoms with Gasteiger partial charge in [0.15, 0.2) is 0 Å². The van der Waals surface area contributed by atoms with Crippen LogP contribution < -0.4 is 5.32 Å². The molecule has 4 rings (SSSR count). The standard InChI is InChI=1S/C17H17FN4O2S/c18-12-4-3-11-5-7-22(13(11)10-12)8-6-15(23)19-17-21-20-16(25-17)14-2-1-9-24-14/h3-5,7,10,14H,1-2,6,8-9H2,(H,19,21,23)/t14-/m0/s1. The van der Waals surface area contributed by atoms with Gasteiger partial charge in [0.2, 0.25) is 11.0 Å². The lowest BCUT2D eigenvalue weighted by Gasteiger charge is -2.05. The fourth-order valence-electron chi connectivity index (χ4n) is 2.94. The smallest absolute Gasteiger partial charge is 0.227 e. The van der Waals surface area contributed by atoms with Crippen LogP contribution >= 0.6 is 11.3 Å². The molecule has 1 aromatic carbocycles. The zero-order valence-electron chi connectivity index (χ0n) is 13.4. The summed E-state index contributed by atoms with van der Waals surface area (Å²) in [6.45, 7) is 1.22. The Hall–Kier alpha value is -2.32. The van der Waals surface area contributed by atoms with Crippen molar-refractivity contribution < 1.29 is 13.9 Å². The highest BCUT2D eigenvalue weighted by Crippen LogP contribution is 2.31. The van der Waals surface area contributed by atoms with Crippen molar-refractivity contribution in [1.82, 2.24) is 14.8 Å². The summed E-state index contributed by atoms with van der Waals surface area (Å²) in [7, 11) is 0. The van der Waals surface area contributed by atoms with Gasteiger partial charge in [0.05, 0.1) is 5.52 Å². The minimum atomic E-state index is -0.285. The first kappa shape index (κ1) is 16.2. The summed E-state index contributed by atoms with van der Waals surface area (Å²) < 4.78 is 20.8. The molecular weight excluding hydrogens is 343 g/mol. The number of anilines is 1. The number of hydrogen-bond donors (Lipinski definition) is 1. The van der Waals surface area contributed by atoms with Crippen molar-refractivity contribution in [2.45, 2.75) is 31.9 Å². The molecule has 3 heterocycles. The zero-order chi connectivity index (χ0) is 17.2. The lowest BCUT2D eigenvalue weighted by atomic mass is 10.2. The average Bonchev–Trinajstić information content (AvgIpc) is 3.33. The SMILES string of the molecule is O=C(CCn1ccc2ccc(F)cc21)Nc1nnc([C@@H]2CCCO2)s1. The number of aryl methyl sites for hydroxylation is 1. The van der Waals surface area contributed by atoms with Crippen molar-refractivity contribution in [3.05, 3.63) is 41.3 Å². The van der Waals surface area contributed by atoms with E-state index in [1.165, 1.54) is 23.5 Å². The number of carbonyl (C=O) groups excluding carboxylic acids is 1. The van der Waals surface area contributed by atoms with Crippen LogP contribution in [0.3, 0.4) is 0 Å². The van der Waals surface area contributed by atoms with E-state index in [-0.39, 0.29) is 24.2 Å². The number of ether oxygens (including phenoxy) is 1. The monoisotopic (exact) mass is 360 g/mol. The Morgan fingerprint density at radius 1 is 1.40 bits per heavy atom. The highest BCUT2D eigenvalue weighted by atomic mass is 32.1. The van der Waals surface area contributed by atoms with Gasteiger partial charge in [-0.25, -0.2) is 4.39 Å². The Kier molecular flexibility index (Phi) is 4.46. The molecule has 0 bridgehead atoms. The number of fused-ring (bicyclic) bond motifs is 1. The number of benzene rings is 1. The second-order valence-corrected chi connectivity index (χ2v) is 6.97. The van der Waals surface area contributed by atoms with Crippen LogP contribution in [0.5, 0.6) is 0 Å². The third kappa shape index (κ3) is 3.54. The van der Waals surface area contributed by atoms with Crippen LogP contribution in [0.2, 0.25) is 0 Å². The van der Waals surface area contributed by atoms with Crippen LogP contribution in [0.25, 0.3) is 10.9 Å². The van der Waals surface area contributed by atoms with Gasteiger partial charge in [0.25, 0.3) is 0 Å². The third-order valence-electron chi connectivity index (χ3n) is 4.21. The van der Waals surface area contributed by atoms with Crippen LogP contribution in [-0.4, -0.2) is 27.3 Å². The average molecular weight is 360 g/mol. The number of nitrogens with zero attached hydrogens (tertiary/aromatic N) is 3. The molecule has 8 heteroatoms. The molecule has 1 aliphatic rings. The molecule has 1 atom stereocenters. The van der Waals surface area contributed by atoms with Gasteiger partial charge in [0, 0.05) is 25.8 Å². The predicted octanol–water partition coefficient (Wildman–Crippen LogP) is 3.51. The molecule has 1 N–H and O–H groups in total. The van der Waals surface area contributed by atoms with E-state index >= 15 is 0 Å². The molecule has 0 aliphatic carbocycles. The maximum Gasteiger partial charge on any atom is 0.227 e. The van der Waals surface area contributed by atoms with Gasteiger partial charge in [0.1, 0.15) is 16.9 Å². The van der Waals surface area contributed by atoms with E-state index in [4.69, 9.17) is 4.74 Å². The van der Waals surface area contributed by atoms with Gasteiger partial charge >= 0.3 is 0 Å². The van der Waals surface area contributed by atoms with Crippen LogP contribution in [0.15, 0.2) is 30.5 Å². The van der Waals surface area contributed by atoms with Gasteiger partial charge in [-0.2, -0.15) is 0 Å². The van der Waals surface area contributed by atoms with E-state index in [0.29, 0.717) is 11.7 Å². The van der Waals surface area contributed by atoms with Gasteiger partial charge < -0.3 is 14.6 Å². The molecule has 0 spiro atoms. The zero-order valence-corrected chi connectivity index (χ0v) is 14.3. The first-order valence-electron chi connectivity index (χ1n) is 8.18. The van der Waals surface area contributed by atoms with Crippen molar-refractivity contribution in [3.63, 3.8) is 0 Å². The van der Waals surface area contributed by atoms with Crippen molar-refractivity contribution >= 4 is 33.3 Å². The van der Waals surface area contributed by atoms with Crippen molar-refractivity contribution in [2.24, 2.45) is 0 Å². The Labute approximate surface area is 147 Å². The van der Waals surface area contributed by atoms with Gasteiger partial charge in [-0.05, 0) is 42.5 Å². The second-order valence-electron chi connectivity index (χ2n) is 5.96. The van der Waals surface area contributed by atoms with Crippen LogP contribution in [0, 0.1) is 5.82 Å². The van der Waals surface area contributed by atoms with E-state index in [0.717, 1.165) is 35.4 Å². The fraction of sp³-hybridized carbons (Fsp3) is 0.353. The summed E-state index contributed by atoms with van der Waals surface area (Å²) in [5, 5.41) is 13.1. The quantitative estimate of drug-likeness (QED) is 0.756. The number of nitrogens with one attached hydrogen (secondary N) is 1. The molecule has 1 amide bonds. The van der Waals surface area contributed by atoms with Gasteiger partial charge in [-0.1, -0.05) is 11.3 Å². The van der Waals surface area contributed by atoms with Crippen molar-refractivity contribution in [3.8, 4) is 0 Å². The summed E-state index contributed by atoms with van der Waals surface area (Å²) in [6.07, 6.45) is 4.11. The van der Waals surface area contributed by atoms with E-state index in [1.54, 1.807) is 6.07 Å². The molecule has 25 heavy (non-hydrogen) atoms. The van der Waals surface area contributed by atoms with Crippen LogP contribution in [0.1, 0.15) is 30.4 Å². The number of aromatic nitrogens is 3. The normalized spacial score (nSPS) is 17.2. The Morgan fingerprint density at radius 3 is 3.16 bits per heavy atom. The lowest BCUT2D eigenvalue weighted by Crippen LogP contribution is -2.14. The molecule has 0 unspecified atom stereocenters. The van der Waals surface area contributed by atoms with Crippen molar-refractivity contribution in [2.75, 3.05) is 11.9 Å². The summed E-state index contributed by atoms with van der Waals surface area (Å²) in [5.74, 6) is -0.430. The molecule has 2 aromatic heterocycles. The number of halogens is 1. The summed E-state index contributed by atoms with van der Waals surface area (Å²) in [5.41, 5.74) is 0.782. The first-order valence-corrected chi connectivity index (χ1v) is 9.00. The molecule has 6 nitrogen and oxygen atoms in total. The molecule has 0 saturated carbocycles. The fourth-order valence-corrected chi connectivity index (χ4v) is 3.79. The topological polar surface area (TPSA) is 69.0 Å². The third-order valence-corrected chi connectivity index (χ3v) is 5.14. The molecule has 1 saturated heterocycles. The highest BCUT2D eigenvalue weighted by molar-refractivity contribution is 7.15. The molecule has 1 aliphatic heterocycles. The van der Waals surface area contributed by atoms with Crippen LogP contribution in [0.4, 0.5) is 9.52 Å². The maximum absolute atomic E-state index is 13.4. The summed E-state index contributed by atoms with van der Waals surface area (Å²) >= 11 is 1.35. The molecule has 130 valence electrons. The lowest BCUT2D eigenvalue weighted by molar-refractivity contribution is -0.116. The number of rotatable bonds is 5. The minimum absolute atomic E-state index is 0.00397. The van der Waals surface area contributed by atoms with E-state index in [1.807, 2.05) is 16.8 Å². The number of carbonyl (C=O) groups is 1. The molecule has 1 fully saturated rings. The summed E-state index contributed by atoms with van der Waals surface area (Å²) in [4.78, 5) is 12.2. The second kappa shape index (κ2) is 6.89. The summed E-state index contributed by atoms with van der Waals surface area (Å²) in [6, 6.07) is 6.55. The van der Waals surface area contributed by atoms with E-state index in [2.05, 4.69) is 15.5 Å². The Balaban J connectivity index is 1.36. The van der Waals surface area contributed by atoms with Gasteiger partial charge in [-0.15, -0.1) is 10.2 Å². The van der Waals surface area contributed by atoms with Gasteiger partial charge in [-0.3, -0.25) is 4.79 Å². The minimum Gasteiger partial charge on any atom is -0.371 e. The Morgan fingerprint density at radius 2 is 2.32 bits per heavy atom. The number of amides is 1. The van der Waals surface area contributed by atoms with Crippen molar-refractivity contribution in [1.29, 1.82) is 0 Å². The predicted molar refractivity (Wildman–Crippen MR) is 93.0 cm³/mol. The first-order chi connectivity index (χ1) is 12.2. The maximum atomic E-state index is 13.4. The van der Waals surface area contributed by atoms with Crippen LogP contribution in [-0.2, 0) is 16.1 Å². The molecule has 3 aromatic rings. The van der Waals surface area contributed by atoms with E-state index in [9.17, 15) is 9.18 Å². The Bertz CT molecular complexity index is 901. The highest BCUT2D eigenvalue weighted by Gasteiger charge is 2.22. The number of hydrogen-bond acceptors (Lipinski definition) is 5.